The van der Waals surface area contributed by atoms with Gasteiger partial charge in [0.2, 0.25) is 0 Å². The van der Waals surface area contributed by atoms with E-state index in [4.69, 9.17) is 5.11 Å². The van der Waals surface area contributed by atoms with Gasteiger partial charge >= 0.3 is 12.1 Å². The summed E-state index contributed by atoms with van der Waals surface area (Å²) in [6.45, 7) is 4.76. The number of hydrogen-bond donors (Lipinski definition) is 2. The molecule has 2 aromatic rings. The van der Waals surface area contributed by atoms with Gasteiger partial charge in [0.15, 0.2) is 0 Å². The molecule has 1 heterocycles. The van der Waals surface area contributed by atoms with Crippen LogP contribution in [0.15, 0.2) is 24.3 Å². The van der Waals surface area contributed by atoms with E-state index in [-0.39, 0.29) is 5.92 Å². The molecule has 0 amide bonds. The molecule has 0 saturated carbocycles. The summed E-state index contributed by atoms with van der Waals surface area (Å²) in [5.74, 6) is -0.713. The quantitative estimate of drug-likeness (QED) is 0.433. The molecule has 1 atom stereocenters. The molecule has 0 aliphatic rings. The third-order valence-electron chi connectivity index (χ3n) is 5.05. The van der Waals surface area contributed by atoms with Crippen molar-refractivity contribution in [3.05, 3.63) is 35.5 Å². The van der Waals surface area contributed by atoms with Gasteiger partial charge in [-0.15, -0.1) is 0 Å². The lowest BCUT2D eigenvalue weighted by atomic mass is 9.97. The number of hydrogen-bond acceptors (Lipinski definition) is 2. The highest BCUT2D eigenvalue weighted by atomic mass is 19.4. The molecule has 1 unspecified atom stereocenters. The van der Waals surface area contributed by atoms with Crippen LogP contribution in [0.3, 0.4) is 0 Å². The van der Waals surface area contributed by atoms with Crippen LogP contribution in [0.5, 0.6) is 0 Å². The van der Waals surface area contributed by atoms with E-state index in [0.29, 0.717) is 29.4 Å². The van der Waals surface area contributed by atoms with Gasteiger partial charge in [0.25, 0.3) is 0 Å². The maximum atomic E-state index is 13.0. The van der Waals surface area contributed by atoms with Crippen LogP contribution in [0, 0.1) is 5.92 Å². The first kappa shape index (κ1) is 26.0. The fourth-order valence-electron chi connectivity index (χ4n) is 3.42. The molecule has 1 aromatic heterocycles. The molecule has 0 fully saturated rings. The summed E-state index contributed by atoms with van der Waals surface area (Å²) < 4.78 is 38.9. The molecule has 4 nitrogen and oxygen atoms in total. The topological polar surface area (TPSA) is 56.3 Å². The highest BCUT2D eigenvalue weighted by molar-refractivity contribution is 5.84. The Kier molecular flexibility index (Phi) is 10.9. The third kappa shape index (κ3) is 8.38. The normalized spacial score (nSPS) is 12.7. The Morgan fingerprint density at radius 2 is 1.77 bits per heavy atom. The highest BCUT2D eigenvalue weighted by Crippen LogP contribution is 2.35. The smallest absolute Gasteiger partial charge is 0.431 e. The van der Waals surface area contributed by atoms with E-state index in [1.165, 1.54) is 6.42 Å². The number of para-hydroxylation sites is 1. The van der Waals surface area contributed by atoms with Crippen LogP contribution in [0.4, 0.5) is 13.2 Å². The fourth-order valence-corrected chi connectivity index (χ4v) is 3.42. The lowest BCUT2D eigenvalue weighted by Crippen LogP contribution is -2.17. The predicted octanol–water partition coefficient (Wildman–Crippen LogP) is 6.36. The molecule has 30 heavy (non-hydrogen) atoms. The predicted molar refractivity (Wildman–Crippen MR) is 116 cm³/mol. The first-order chi connectivity index (χ1) is 14.1. The number of carbonyl (C=O) groups is 1. The largest absolute Gasteiger partial charge is 0.481 e. The van der Waals surface area contributed by atoms with Gasteiger partial charge in [0, 0.05) is 17.4 Å². The van der Waals surface area contributed by atoms with Crippen molar-refractivity contribution in [1.29, 1.82) is 0 Å². The SMILES string of the molecule is CCCCCC(CCC)C(=O)O.CN(C)CCc1c(C(F)(F)F)[nH]c2ccccc12. The van der Waals surface area contributed by atoms with Gasteiger partial charge in [-0.25, -0.2) is 0 Å². The van der Waals surface area contributed by atoms with Gasteiger partial charge in [0.1, 0.15) is 5.69 Å². The first-order valence-electron chi connectivity index (χ1n) is 10.7. The Morgan fingerprint density at radius 1 is 1.10 bits per heavy atom. The van der Waals surface area contributed by atoms with Gasteiger partial charge in [-0.3, -0.25) is 4.79 Å². The monoisotopic (exact) mass is 428 g/mol. The van der Waals surface area contributed by atoms with Crippen molar-refractivity contribution in [2.45, 2.75) is 65.0 Å². The number of aromatic amines is 1. The summed E-state index contributed by atoms with van der Waals surface area (Å²) in [5, 5.41) is 9.46. The second-order valence-electron chi connectivity index (χ2n) is 7.89. The summed E-state index contributed by atoms with van der Waals surface area (Å²) in [4.78, 5) is 15.0. The van der Waals surface area contributed by atoms with Crippen LogP contribution in [-0.2, 0) is 17.4 Å². The second-order valence-corrected chi connectivity index (χ2v) is 7.89. The molecule has 0 spiro atoms. The lowest BCUT2D eigenvalue weighted by molar-refractivity contribution is -0.142. The number of rotatable bonds is 10. The molecule has 2 N–H and O–H groups in total. The van der Waals surface area contributed by atoms with E-state index in [1.807, 2.05) is 25.9 Å². The fraction of sp³-hybridized carbons (Fsp3) is 0.609. The number of fused-ring (bicyclic) bond motifs is 1. The van der Waals surface area contributed by atoms with Crippen molar-refractivity contribution >= 4 is 16.9 Å². The number of H-pyrrole nitrogens is 1. The molecule has 0 aliphatic carbocycles. The number of carboxylic acids is 1. The summed E-state index contributed by atoms with van der Waals surface area (Å²) >= 11 is 0. The van der Waals surface area contributed by atoms with Crippen LogP contribution in [0.1, 0.15) is 63.6 Å². The number of aromatic nitrogens is 1. The van der Waals surface area contributed by atoms with Crippen molar-refractivity contribution in [3.63, 3.8) is 0 Å². The molecule has 7 heteroatoms. The van der Waals surface area contributed by atoms with Crippen molar-refractivity contribution < 1.29 is 23.1 Å². The van der Waals surface area contributed by atoms with Gasteiger partial charge in [0.05, 0.1) is 5.92 Å². The minimum atomic E-state index is -4.33. The zero-order chi connectivity index (χ0) is 22.7. The van der Waals surface area contributed by atoms with E-state index in [9.17, 15) is 18.0 Å². The summed E-state index contributed by atoms with van der Waals surface area (Å²) in [7, 11) is 3.70. The Balaban J connectivity index is 0.000000329. The van der Waals surface area contributed by atoms with E-state index < -0.39 is 17.8 Å². The molecule has 0 bridgehead atoms. The number of alkyl halides is 3. The van der Waals surface area contributed by atoms with E-state index in [2.05, 4.69) is 11.9 Å². The average molecular weight is 429 g/mol. The van der Waals surface area contributed by atoms with Gasteiger partial charge in [-0.1, -0.05) is 57.7 Å². The van der Waals surface area contributed by atoms with Crippen LogP contribution in [0.2, 0.25) is 0 Å². The number of unbranched alkanes of at least 4 members (excludes halogenated alkanes) is 2. The summed E-state index contributed by atoms with van der Waals surface area (Å²) in [5.41, 5.74) is 0.274. The molecule has 0 radical (unpaired) electrons. The Hall–Kier alpha value is -2.02. The number of benzene rings is 1. The molecular weight excluding hydrogens is 393 g/mol. The molecule has 0 aliphatic heterocycles. The lowest BCUT2D eigenvalue weighted by Gasteiger charge is -2.11. The van der Waals surface area contributed by atoms with E-state index >= 15 is 0 Å². The molecule has 1 aromatic carbocycles. The Morgan fingerprint density at radius 3 is 2.30 bits per heavy atom. The summed E-state index contributed by atoms with van der Waals surface area (Å²) in [6, 6.07) is 6.89. The number of nitrogens with zero attached hydrogens (tertiary/aromatic N) is 1. The molecule has 0 saturated heterocycles. The summed E-state index contributed by atoms with van der Waals surface area (Å²) in [6.07, 6.45) is 2.10. The van der Waals surface area contributed by atoms with Gasteiger partial charge < -0.3 is 15.0 Å². The number of aliphatic carboxylic acids is 1. The second kappa shape index (κ2) is 12.6. The van der Waals surface area contributed by atoms with Crippen LogP contribution in [-0.4, -0.2) is 41.6 Å². The Bertz CT molecular complexity index is 769. The minimum Gasteiger partial charge on any atom is -0.481 e. The first-order valence-corrected chi connectivity index (χ1v) is 10.7. The molecular formula is C23H35F3N2O2. The van der Waals surface area contributed by atoms with Crippen molar-refractivity contribution in [1.82, 2.24) is 9.88 Å². The third-order valence-corrected chi connectivity index (χ3v) is 5.05. The van der Waals surface area contributed by atoms with Crippen molar-refractivity contribution in [2.24, 2.45) is 5.92 Å². The maximum Gasteiger partial charge on any atom is 0.431 e. The average Bonchev–Trinajstić information content (AvgIpc) is 3.05. The van der Waals surface area contributed by atoms with Crippen LogP contribution < -0.4 is 0 Å². The van der Waals surface area contributed by atoms with E-state index in [1.54, 1.807) is 24.3 Å². The number of nitrogens with one attached hydrogen (secondary N) is 1. The minimum absolute atomic E-state index is 0.0958. The van der Waals surface area contributed by atoms with Crippen molar-refractivity contribution in [3.8, 4) is 0 Å². The number of carboxylic acid groups (broad SMARTS) is 1. The van der Waals surface area contributed by atoms with Crippen LogP contribution >= 0.6 is 0 Å². The zero-order valence-electron chi connectivity index (χ0n) is 18.5. The van der Waals surface area contributed by atoms with E-state index in [0.717, 1.165) is 32.1 Å². The molecule has 2 rings (SSSR count). The number of halogens is 3. The van der Waals surface area contributed by atoms with Crippen molar-refractivity contribution in [2.75, 3.05) is 20.6 Å². The van der Waals surface area contributed by atoms with Gasteiger partial charge in [-0.2, -0.15) is 13.2 Å². The van der Waals surface area contributed by atoms with Gasteiger partial charge in [-0.05, 0) is 45.0 Å². The number of likely N-dealkylation sites (N-methyl/N-ethyl adjacent to an activating group) is 1. The maximum absolute atomic E-state index is 13.0. The highest BCUT2D eigenvalue weighted by Gasteiger charge is 2.36. The Labute approximate surface area is 177 Å². The molecule has 170 valence electrons. The standard InChI is InChI=1S/C13H15F3N2.C10H20O2/c1-18(2)8-7-10-9-5-3-4-6-11(9)17-12(10)13(14,15)16;1-3-5-6-8-9(7-4-2)10(11)12/h3-6,17H,7-8H2,1-2H3;9H,3-8H2,1-2H3,(H,11,12). The van der Waals surface area contributed by atoms with Crippen LogP contribution in [0.25, 0.3) is 10.9 Å². The zero-order valence-corrected chi connectivity index (χ0v) is 18.5.